The van der Waals surface area contributed by atoms with Crippen LogP contribution in [-0.4, -0.2) is 26.1 Å². The summed E-state index contributed by atoms with van der Waals surface area (Å²) < 4.78 is 5.54. The van der Waals surface area contributed by atoms with Crippen LogP contribution in [-0.2, 0) is 11.2 Å². The molecule has 0 bridgehead atoms. The molecule has 0 aromatic heterocycles. The van der Waals surface area contributed by atoms with Gasteiger partial charge in [0.25, 0.3) is 0 Å². The highest BCUT2D eigenvalue weighted by Crippen LogP contribution is 2.26. The number of ether oxygens (including phenoxy) is 1. The van der Waals surface area contributed by atoms with E-state index in [2.05, 4.69) is 16.7 Å². The van der Waals surface area contributed by atoms with Crippen molar-refractivity contribution >= 4 is 11.6 Å². The fraction of sp³-hybridized carbons (Fsp3) is 0.462. The first-order valence-corrected chi connectivity index (χ1v) is 6.00. The molecule has 0 spiro atoms. The molecule has 17 heavy (non-hydrogen) atoms. The molecule has 0 radical (unpaired) electrons. The third kappa shape index (κ3) is 3.12. The van der Waals surface area contributed by atoms with E-state index in [4.69, 9.17) is 4.74 Å². The number of hydrogen-bond donors (Lipinski definition) is 2. The van der Waals surface area contributed by atoms with Crippen molar-refractivity contribution in [1.82, 2.24) is 5.32 Å². The van der Waals surface area contributed by atoms with Gasteiger partial charge in [-0.25, -0.2) is 0 Å². The summed E-state index contributed by atoms with van der Waals surface area (Å²) in [4.78, 5) is 11.0. The molecule has 0 saturated carbocycles. The van der Waals surface area contributed by atoms with E-state index in [1.165, 1.54) is 12.0 Å². The molecular weight excluding hydrogens is 216 g/mol. The molecule has 0 aliphatic carbocycles. The van der Waals surface area contributed by atoms with Crippen LogP contribution in [0.3, 0.4) is 0 Å². The van der Waals surface area contributed by atoms with Gasteiger partial charge >= 0.3 is 0 Å². The molecule has 1 amide bonds. The summed E-state index contributed by atoms with van der Waals surface area (Å²) in [6.07, 6.45) is 2.70. The number of amides is 1. The number of fused-ring (bicyclic) bond motifs is 1. The average Bonchev–Trinajstić information content (AvgIpc) is 2.38. The topological polar surface area (TPSA) is 50.4 Å². The number of carbonyl (C=O) groups is 1. The minimum atomic E-state index is 0.00100. The van der Waals surface area contributed by atoms with E-state index in [0.29, 0.717) is 13.0 Å². The molecule has 0 saturated heterocycles. The standard InChI is InChI=1S/C13H18N2O2/c1-14-13(16)6-8-17-11-5-4-10-3-2-7-15-12(10)9-11/h4-5,9,15H,2-3,6-8H2,1H3,(H,14,16). The Kier molecular flexibility index (Phi) is 3.85. The number of benzene rings is 1. The summed E-state index contributed by atoms with van der Waals surface area (Å²) in [5, 5.41) is 5.92. The smallest absolute Gasteiger partial charge is 0.223 e. The number of anilines is 1. The van der Waals surface area contributed by atoms with E-state index in [-0.39, 0.29) is 5.91 Å². The Morgan fingerprint density at radius 1 is 1.53 bits per heavy atom. The van der Waals surface area contributed by atoms with Crippen molar-refractivity contribution in [3.8, 4) is 5.75 Å². The van der Waals surface area contributed by atoms with Crippen LogP contribution in [0.4, 0.5) is 5.69 Å². The van der Waals surface area contributed by atoms with E-state index < -0.39 is 0 Å². The van der Waals surface area contributed by atoms with E-state index in [1.54, 1.807) is 7.05 Å². The lowest BCUT2D eigenvalue weighted by molar-refractivity contribution is -0.121. The minimum absolute atomic E-state index is 0.00100. The van der Waals surface area contributed by atoms with Gasteiger partial charge in [-0.1, -0.05) is 6.07 Å². The molecule has 1 aromatic rings. The predicted octanol–water partition coefficient (Wildman–Crippen LogP) is 1.56. The van der Waals surface area contributed by atoms with Gasteiger partial charge in [-0.3, -0.25) is 4.79 Å². The number of carbonyl (C=O) groups excluding carboxylic acids is 1. The summed E-state index contributed by atoms with van der Waals surface area (Å²) in [7, 11) is 1.63. The summed E-state index contributed by atoms with van der Waals surface area (Å²) in [5.74, 6) is 0.822. The average molecular weight is 234 g/mol. The molecule has 0 unspecified atom stereocenters. The van der Waals surface area contributed by atoms with Crippen molar-refractivity contribution in [2.75, 3.05) is 25.5 Å². The summed E-state index contributed by atoms with van der Waals surface area (Å²) in [5.41, 5.74) is 2.50. The van der Waals surface area contributed by atoms with E-state index in [9.17, 15) is 4.79 Å². The summed E-state index contributed by atoms with van der Waals surface area (Å²) in [6, 6.07) is 6.07. The third-order valence-corrected chi connectivity index (χ3v) is 2.90. The van der Waals surface area contributed by atoms with Crippen molar-refractivity contribution < 1.29 is 9.53 Å². The Labute approximate surface area is 101 Å². The van der Waals surface area contributed by atoms with Crippen LogP contribution in [0.5, 0.6) is 5.75 Å². The van der Waals surface area contributed by atoms with Gasteiger partial charge in [0.2, 0.25) is 5.91 Å². The molecule has 1 aromatic carbocycles. The van der Waals surface area contributed by atoms with E-state index in [1.807, 2.05) is 12.1 Å². The van der Waals surface area contributed by atoms with E-state index >= 15 is 0 Å². The SMILES string of the molecule is CNC(=O)CCOc1ccc2c(c1)NCCC2. The van der Waals surface area contributed by atoms with Crippen LogP contribution < -0.4 is 15.4 Å². The molecule has 1 aliphatic heterocycles. The number of aryl methyl sites for hydroxylation is 1. The van der Waals surface area contributed by atoms with Crippen molar-refractivity contribution in [3.05, 3.63) is 23.8 Å². The normalized spacial score (nSPS) is 13.5. The van der Waals surface area contributed by atoms with Crippen LogP contribution in [0.2, 0.25) is 0 Å². The highest BCUT2D eigenvalue weighted by atomic mass is 16.5. The molecule has 0 atom stereocenters. The zero-order valence-corrected chi connectivity index (χ0v) is 10.1. The van der Waals surface area contributed by atoms with Gasteiger partial charge in [-0.2, -0.15) is 0 Å². The predicted molar refractivity (Wildman–Crippen MR) is 67.4 cm³/mol. The van der Waals surface area contributed by atoms with Crippen molar-refractivity contribution in [2.24, 2.45) is 0 Å². The van der Waals surface area contributed by atoms with Crippen LogP contribution in [0, 0.1) is 0 Å². The molecule has 2 N–H and O–H groups in total. The van der Waals surface area contributed by atoms with Crippen LogP contribution in [0.25, 0.3) is 0 Å². The molecule has 1 aliphatic rings. The second kappa shape index (κ2) is 5.57. The maximum absolute atomic E-state index is 11.0. The number of rotatable bonds is 4. The van der Waals surface area contributed by atoms with Crippen LogP contribution in [0.1, 0.15) is 18.4 Å². The summed E-state index contributed by atoms with van der Waals surface area (Å²) >= 11 is 0. The van der Waals surface area contributed by atoms with Crippen LogP contribution in [0.15, 0.2) is 18.2 Å². The molecule has 4 nitrogen and oxygen atoms in total. The van der Waals surface area contributed by atoms with Gasteiger partial charge in [-0.05, 0) is 24.5 Å². The van der Waals surface area contributed by atoms with Crippen molar-refractivity contribution in [2.45, 2.75) is 19.3 Å². The minimum Gasteiger partial charge on any atom is -0.493 e. The first-order valence-electron chi connectivity index (χ1n) is 6.00. The monoisotopic (exact) mass is 234 g/mol. The lowest BCUT2D eigenvalue weighted by Crippen LogP contribution is -2.20. The number of hydrogen-bond acceptors (Lipinski definition) is 3. The molecular formula is C13H18N2O2. The largest absolute Gasteiger partial charge is 0.493 e. The highest BCUT2D eigenvalue weighted by Gasteiger charge is 2.09. The van der Waals surface area contributed by atoms with Gasteiger partial charge in [0.05, 0.1) is 13.0 Å². The maximum atomic E-state index is 11.0. The second-order valence-corrected chi connectivity index (χ2v) is 4.12. The van der Waals surface area contributed by atoms with Gasteiger partial charge < -0.3 is 15.4 Å². The first kappa shape index (κ1) is 11.8. The Balaban J connectivity index is 1.91. The van der Waals surface area contributed by atoms with Gasteiger partial charge in [-0.15, -0.1) is 0 Å². The lowest BCUT2D eigenvalue weighted by Gasteiger charge is -2.18. The Morgan fingerprint density at radius 3 is 3.24 bits per heavy atom. The van der Waals surface area contributed by atoms with Crippen molar-refractivity contribution in [3.63, 3.8) is 0 Å². The second-order valence-electron chi connectivity index (χ2n) is 4.12. The van der Waals surface area contributed by atoms with Crippen LogP contribution >= 0.6 is 0 Å². The maximum Gasteiger partial charge on any atom is 0.223 e. The first-order chi connectivity index (χ1) is 8.29. The van der Waals surface area contributed by atoms with Gasteiger partial charge in [0.15, 0.2) is 0 Å². The highest BCUT2D eigenvalue weighted by molar-refractivity contribution is 5.75. The number of nitrogens with one attached hydrogen (secondary N) is 2. The van der Waals surface area contributed by atoms with Gasteiger partial charge in [0.1, 0.15) is 5.75 Å². The molecule has 4 heteroatoms. The Morgan fingerprint density at radius 2 is 2.41 bits per heavy atom. The lowest BCUT2D eigenvalue weighted by atomic mass is 10.0. The third-order valence-electron chi connectivity index (χ3n) is 2.90. The zero-order valence-electron chi connectivity index (χ0n) is 10.1. The molecule has 92 valence electrons. The van der Waals surface area contributed by atoms with Gasteiger partial charge in [0, 0.05) is 25.3 Å². The van der Waals surface area contributed by atoms with Crippen molar-refractivity contribution in [1.29, 1.82) is 0 Å². The Hall–Kier alpha value is -1.71. The fourth-order valence-corrected chi connectivity index (χ4v) is 1.92. The molecule has 2 rings (SSSR count). The molecule has 1 heterocycles. The van der Waals surface area contributed by atoms with E-state index in [0.717, 1.165) is 24.4 Å². The fourth-order valence-electron chi connectivity index (χ4n) is 1.92. The summed E-state index contributed by atoms with van der Waals surface area (Å²) in [6.45, 7) is 1.44. The molecule has 0 fully saturated rings. The Bertz CT molecular complexity index is 404. The zero-order chi connectivity index (χ0) is 12.1. The quantitative estimate of drug-likeness (QED) is 0.831.